The molecule has 7 heteroatoms. The highest BCUT2D eigenvalue weighted by atomic mass is 79.9. The summed E-state index contributed by atoms with van der Waals surface area (Å²) < 4.78 is 11.2. The van der Waals surface area contributed by atoms with Gasteiger partial charge >= 0.3 is 11.9 Å². The number of carbonyl (C=O) groups is 2. The van der Waals surface area contributed by atoms with E-state index >= 15 is 0 Å². The first-order valence-electron chi connectivity index (χ1n) is 5.09. The van der Waals surface area contributed by atoms with Crippen LogP contribution in [0.15, 0.2) is 16.1 Å². The Morgan fingerprint density at radius 1 is 1.42 bits per heavy atom. The van der Waals surface area contributed by atoms with Gasteiger partial charge in [0.05, 0.1) is 19.9 Å². The van der Waals surface area contributed by atoms with Gasteiger partial charge in [-0.2, -0.15) is 5.26 Å². The van der Waals surface area contributed by atoms with Crippen LogP contribution in [-0.2, 0) is 21.3 Å². The lowest BCUT2D eigenvalue weighted by atomic mass is 10.2. The Kier molecular flexibility index (Phi) is 4.89. The predicted molar refractivity (Wildman–Crippen MR) is 70.1 cm³/mol. The van der Waals surface area contributed by atoms with Gasteiger partial charge in [0.15, 0.2) is 0 Å². The molecule has 1 rings (SSSR count). The molecular weight excluding hydrogens is 316 g/mol. The number of carbonyl (C=O) groups excluding carboxylic acids is 2. The summed E-state index contributed by atoms with van der Waals surface area (Å²) in [5, 5.41) is 8.90. The highest BCUT2D eigenvalue weighted by molar-refractivity contribution is 9.10. The first-order valence-corrected chi connectivity index (χ1v) is 5.89. The third kappa shape index (κ3) is 3.03. The molecule has 0 amide bonds. The Hall–Kier alpha value is -2.07. The molecule has 0 unspecified atom stereocenters. The van der Waals surface area contributed by atoms with Crippen molar-refractivity contribution in [3.8, 4) is 6.07 Å². The van der Waals surface area contributed by atoms with Crippen LogP contribution < -0.4 is 0 Å². The second-order valence-electron chi connectivity index (χ2n) is 3.47. The highest BCUT2D eigenvalue weighted by Gasteiger charge is 2.18. The Morgan fingerprint density at radius 3 is 2.53 bits per heavy atom. The van der Waals surface area contributed by atoms with Crippen LogP contribution in [-0.4, -0.2) is 30.7 Å². The van der Waals surface area contributed by atoms with E-state index < -0.39 is 11.9 Å². The Bertz CT molecular complexity index is 596. The number of esters is 2. The van der Waals surface area contributed by atoms with Crippen molar-refractivity contribution in [3.63, 3.8) is 0 Å². The van der Waals surface area contributed by atoms with E-state index in [-0.39, 0.29) is 5.57 Å². The van der Waals surface area contributed by atoms with Crippen LogP contribution in [0.25, 0.3) is 6.08 Å². The summed E-state index contributed by atoms with van der Waals surface area (Å²) in [7, 11) is 4.08. The van der Waals surface area contributed by atoms with Gasteiger partial charge in [-0.3, -0.25) is 0 Å². The summed E-state index contributed by atoms with van der Waals surface area (Å²) >= 11 is 3.26. The fourth-order valence-corrected chi connectivity index (χ4v) is 2.03. The van der Waals surface area contributed by atoms with Crippen LogP contribution in [0, 0.1) is 11.3 Å². The van der Waals surface area contributed by atoms with Gasteiger partial charge in [-0.05, 0) is 28.1 Å². The number of nitriles is 1. The molecule has 1 aromatic heterocycles. The molecular formula is C12H11BrN2O4. The number of nitrogens with zero attached hydrogens (tertiary/aromatic N) is 2. The number of rotatable bonds is 3. The van der Waals surface area contributed by atoms with Crippen molar-refractivity contribution >= 4 is 33.9 Å². The quantitative estimate of drug-likeness (QED) is 0.479. The molecule has 0 bridgehead atoms. The van der Waals surface area contributed by atoms with Crippen molar-refractivity contribution in [2.24, 2.45) is 7.05 Å². The van der Waals surface area contributed by atoms with Gasteiger partial charge in [0.1, 0.15) is 17.3 Å². The zero-order valence-electron chi connectivity index (χ0n) is 10.6. The minimum atomic E-state index is -0.741. The fourth-order valence-electron chi connectivity index (χ4n) is 1.43. The lowest BCUT2D eigenvalue weighted by Crippen LogP contribution is -2.09. The summed E-state index contributed by atoms with van der Waals surface area (Å²) in [6, 6.07) is 3.29. The molecule has 0 aliphatic carbocycles. The predicted octanol–water partition coefficient (Wildman–Crippen LogP) is 1.65. The van der Waals surface area contributed by atoms with Crippen LogP contribution in [0.5, 0.6) is 0 Å². The molecule has 0 atom stereocenters. The number of ether oxygens (including phenoxy) is 2. The standard InChI is InChI=1S/C12H11BrN2O4/c1-15-9(4-7(6-14)11(16)18-2)8(13)5-10(15)12(17)19-3/h4-5H,1-3H3/b7-4+. The van der Waals surface area contributed by atoms with Gasteiger partial charge in [-0.1, -0.05) is 0 Å². The number of methoxy groups -OCH3 is 2. The summed E-state index contributed by atoms with van der Waals surface area (Å²) in [5.74, 6) is -1.25. The van der Waals surface area contributed by atoms with Crippen molar-refractivity contribution in [2.75, 3.05) is 14.2 Å². The molecule has 0 radical (unpaired) electrons. The van der Waals surface area contributed by atoms with Crippen LogP contribution in [0.4, 0.5) is 0 Å². The van der Waals surface area contributed by atoms with Crippen LogP contribution in [0.3, 0.4) is 0 Å². The lowest BCUT2D eigenvalue weighted by molar-refractivity contribution is -0.135. The second kappa shape index (κ2) is 6.20. The third-order valence-electron chi connectivity index (χ3n) is 2.43. The van der Waals surface area contributed by atoms with Crippen LogP contribution in [0.1, 0.15) is 16.2 Å². The van der Waals surface area contributed by atoms with Gasteiger partial charge < -0.3 is 14.0 Å². The summed E-state index contributed by atoms with van der Waals surface area (Å²) in [6.45, 7) is 0. The molecule has 6 nitrogen and oxygen atoms in total. The SMILES string of the molecule is COC(=O)/C(C#N)=C/c1c(Br)cc(C(=O)OC)n1C. The van der Waals surface area contributed by atoms with E-state index in [0.29, 0.717) is 15.9 Å². The van der Waals surface area contributed by atoms with Crippen molar-refractivity contribution in [2.45, 2.75) is 0 Å². The maximum absolute atomic E-state index is 11.5. The maximum atomic E-state index is 11.5. The van der Waals surface area contributed by atoms with E-state index in [0.717, 1.165) is 0 Å². The third-order valence-corrected chi connectivity index (χ3v) is 3.07. The van der Waals surface area contributed by atoms with Crippen molar-refractivity contribution in [1.29, 1.82) is 5.26 Å². The molecule has 19 heavy (non-hydrogen) atoms. The minimum Gasteiger partial charge on any atom is -0.465 e. The average Bonchev–Trinajstić information content (AvgIpc) is 2.70. The normalized spacial score (nSPS) is 10.8. The van der Waals surface area contributed by atoms with E-state index in [1.54, 1.807) is 19.2 Å². The van der Waals surface area contributed by atoms with Gasteiger partial charge in [0.2, 0.25) is 0 Å². The van der Waals surface area contributed by atoms with Crippen molar-refractivity contribution < 1.29 is 19.1 Å². The zero-order valence-corrected chi connectivity index (χ0v) is 12.1. The summed E-state index contributed by atoms with van der Waals surface area (Å²) in [4.78, 5) is 22.8. The first-order chi connectivity index (χ1) is 8.96. The maximum Gasteiger partial charge on any atom is 0.354 e. The number of halogens is 1. The van der Waals surface area contributed by atoms with Crippen molar-refractivity contribution in [3.05, 3.63) is 27.5 Å². The summed E-state index contributed by atoms with van der Waals surface area (Å²) in [6.07, 6.45) is 1.34. The number of hydrogen-bond acceptors (Lipinski definition) is 5. The topological polar surface area (TPSA) is 81.3 Å². The first kappa shape index (κ1) is 15.0. The smallest absolute Gasteiger partial charge is 0.354 e. The zero-order chi connectivity index (χ0) is 14.6. The van der Waals surface area contributed by atoms with E-state index in [9.17, 15) is 9.59 Å². The number of hydrogen-bond donors (Lipinski definition) is 0. The highest BCUT2D eigenvalue weighted by Crippen LogP contribution is 2.24. The molecule has 0 saturated heterocycles. The Morgan fingerprint density at radius 2 is 2.05 bits per heavy atom. The molecule has 1 aromatic rings. The molecule has 100 valence electrons. The molecule has 0 aromatic carbocycles. The Labute approximate surface area is 118 Å². The van der Waals surface area contributed by atoms with E-state index in [4.69, 9.17) is 5.26 Å². The van der Waals surface area contributed by atoms with Crippen LogP contribution in [0.2, 0.25) is 0 Å². The van der Waals surface area contributed by atoms with Gasteiger partial charge in [0, 0.05) is 11.5 Å². The van der Waals surface area contributed by atoms with Gasteiger partial charge in [-0.15, -0.1) is 0 Å². The lowest BCUT2D eigenvalue weighted by Gasteiger charge is -2.04. The van der Waals surface area contributed by atoms with Crippen LogP contribution >= 0.6 is 15.9 Å². The fraction of sp³-hybridized carbons (Fsp3) is 0.250. The van der Waals surface area contributed by atoms with Gasteiger partial charge in [0.25, 0.3) is 0 Å². The van der Waals surface area contributed by atoms with E-state index in [1.807, 2.05) is 0 Å². The van der Waals surface area contributed by atoms with E-state index in [1.165, 1.54) is 24.9 Å². The molecule has 0 saturated carbocycles. The average molecular weight is 327 g/mol. The summed E-state index contributed by atoms with van der Waals surface area (Å²) in [5.41, 5.74) is 0.617. The molecule has 0 fully saturated rings. The second-order valence-corrected chi connectivity index (χ2v) is 4.33. The molecule has 0 spiro atoms. The molecule has 0 aliphatic heterocycles. The monoisotopic (exact) mass is 326 g/mol. The van der Waals surface area contributed by atoms with Crippen molar-refractivity contribution in [1.82, 2.24) is 4.57 Å². The minimum absolute atomic E-state index is 0.166. The van der Waals surface area contributed by atoms with E-state index in [2.05, 4.69) is 25.4 Å². The number of aromatic nitrogens is 1. The largest absolute Gasteiger partial charge is 0.465 e. The molecule has 0 N–H and O–H groups in total. The molecule has 1 heterocycles. The van der Waals surface area contributed by atoms with Gasteiger partial charge in [-0.25, -0.2) is 9.59 Å². The molecule has 0 aliphatic rings. The Balaban J connectivity index is 3.33.